The number of phenolic OH excluding ortho intramolecular Hbond substituents is 2. The summed E-state index contributed by atoms with van der Waals surface area (Å²) in [6.45, 7) is 2.95. The minimum atomic E-state index is -5.58. The van der Waals surface area contributed by atoms with Gasteiger partial charge >= 0.3 is 18.1 Å². The van der Waals surface area contributed by atoms with Crippen molar-refractivity contribution in [1.82, 2.24) is 16.2 Å². The van der Waals surface area contributed by atoms with E-state index < -0.39 is 31.0 Å². The number of urea groups is 1. The van der Waals surface area contributed by atoms with Gasteiger partial charge in [0.15, 0.2) is 0 Å². The van der Waals surface area contributed by atoms with E-state index in [9.17, 15) is 37.0 Å². The molecule has 1 heterocycles. The molecular formula is C32H43F5N4O4. The van der Waals surface area contributed by atoms with Crippen molar-refractivity contribution in [2.24, 2.45) is 4.99 Å². The lowest BCUT2D eigenvalue weighted by Gasteiger charge is -2.43. The van der Waals surface area contributed by atoms with Crippen LogP contribution in [0.15, 0.2) is 47.5 Å². The van der Waals surface area contributed by atoms with Gasteiger partial charge in [-0.3, -0.25) is 15.7 Å². The van der Waals surface area contributed by atoms with Crippen molar-refractivity contribution in [3.05, 3.63) is 53.6 Å². The van der Waals surface area contributed by atoms with E-state index in [4.69, 9.17) is 4.74 Å². The Bertz CT molecular complexity index is 1240. The number of ether oxygens (including phenoxy) is 1. The maximum Gasteiger partial charge on any atom is 0.453 e. The fraction of sp³-hybridized carbons (Fsp3) is 0.562. The highest BCUT2D eigenvalue weighted by Gasteiger charge is 2.56. The minimum absolute atomic E-state index is 0.179. The molecule has 0 spiro atoms. The van der Waals surface area contributed by atoms with Gasteiger partial charge in [0.1, 0.15) is 17.2 Å². The van der Waals surface area contributed by atoms with E-state index in [0.29, 0.717) is 13.2 Å². The summed E-state index contributed by atoms with van der Waals surface area (Å²) < 4.78 is 68.0. The molecule has 8 nitrogen and oxygen atoms in total. The molecule has 3 rings (SSSR count). The average Bonchev–Trinajstić information content (AvgIpc) is 2.98. The highest BCUT2D eigenvalue weighted by Crippen LogP contribution is 2.49. The molecule has 0 saturated carbocycles. The van der Waals surface area contributed by atoms with E-state index in [-0.39, 0.29) is 29.4 Å². The molecule has 0 aliphatic carbocycles. The van der Waals surface area contributed by atoms with Gasteiger partial charge in [0, 0.05) is 36.9 Å². The zero-order chi connectivity index (χ0) is 32.9. The van der Waals surface area contributed by atoms with Crippen molar-refractivity contribution in [3.8, 4) is 17.2 Å². The molecule has 0 saturated heterocycles. The molecule has 0 fully saturated rings. The topological polar surface area (TPSA) is 115 Å². The Morgan fingerprint density at radius 3 is 2.29 bits per heavy atom. The van der Waals surface area contributed by atoms with Crippen molar-refractivity contribution in [2.45, 2.75) is 94.6 Å². The molecule has 0 aromatic heterocycles. The molecule has 250 valence electrons. The van der Waals surface area contributed by atoms with Crippen LogP contribution in [-0.4, -0.2) is 54.4 Å². The number of nitrogens with one attached hydrogen (secondary N) is 3. The molecule has 45 heavy (non-hydrogen) atoms. The van der Waals surface area contributed by atoms with Crippen molar-refractivity contribution in [2.75, 3.05) is 19.7 Å². The number of benzene rings is 2. The van der Waals surface area contributed by atoms with Gasteiger partial charge in [-0.15, -0.1) is 0 Å². The van der Waals surface area contributed by atoms with Crippen molar-refractivity contribution < 1.29 is 41.7 Å². The Hall–Kier alpha value is -3.61. The number of aliphatic imine (C=N–C) groups is 1. The second-order valence-electron chi connectivity index (χ2n) is 11.7. The number of fused-ring (bicyclic) bond motifs is 1. The smallest absolute Gasteiger partial charge is 0.453 e. The number of halogens is 5. The van der Waals surface area contributed by atoms with Gasteiger partial charge in [0.25, 0.3) is 0 Å². The lowest BCUT2D eigenvalue weighted by atomic mass is 9.66. The second kappa shape index (κ2) is 16.6. The number of hydrazine groups is 1. The lowest BCUT2D eigenvalue weighted by Crippen LogP contribution is -2.44. The molecule has 2 atom stereocenters. The molecule has 2 aromatic rings. The third kappa shape index (κ3) is 10.8. The van der Waals surface area contributed by atoms with E-state index >= 15 is 0 Å². The number of hydrogen-bond acceptors (Lipinski definition) is 6. The van der Waals surface area contributed by atoms with E-state index in [0.717, 1.165) is 68.2 Å². The Kier molecular flexibility index (Phi) is 13.3. The normalized spacial score (nSPS) is 18.4. The summed E-state index contributed by atoms with van der Waals surface area (Å²) in [5.41, 5.74) is 6.35. The highest BCUT2D eigenvalue weighted by atomic mass is 19.4. The molecule has 1 aliphatic rings. The van der Waals surface area contributed by atoms with Crippen molar-refractivity contribution >= 4 is 12.4 Å². The van der Waals surface area contributed by atoms with Gasteiger partial charge in [0.2, 0.25) is 0 Å². The van der Waals surface area contributed by atoms with E-state index in [1.54, 1.807) is 24.3 Å². The Balaban J connectivity index is 1.27. The number of unbranched alkanes of at least 4 members (excludes halogenated alkanes) is 6. The SMILES string of the molecule is CC1(c2ccc(O)cc2)COc2cc(O)ccc2C1CCCCCCCCCN=CNC(=O)NNCCCC(F)(F)C(F)(F)F. The number of phenols is 2. The molecular weight excluding hydrogens is 599 g/mol. The zero-order valence-electron chi connectivity index (χ0n) is 25.4. The van der Waals surface area contributed by atoms with Crippen LogP contribution in [0.5, 0.6) is 17.2 Å². The second-order valence-corrected chi connectivity index (χ2v) is 11.7. The first-order valence-corrected chi connectivity index (χ1v) is 15.3. The first kappa shape index (κ1) is 35.9. The van der Waals surface area contributed by atoms with Gasteiger partial charge < -0.3 is 14.9 Å². The monoisotopic (exact) mass is 642 g/mol. The van der Waals surface area contributed by atoms with Crippen LogP contribution in [-0.2, 0) is 5.41 Å². The fourth-order valence-electron chi connectivity index (χ4n) is 5.53. The molecule has 13 heteroatoms. The van der Waals surface area contributed by atoms with Crippen LogP contribution in [0.4, 0.5) is 26.7 Å². The quantitative estimate of drug-likeness (QED) is 0.0404. The van der Waals surface area contributed by atoms with Crippen LogP contribution in [0.25, 0.3) is 0 Å². The summed E-state index contributed by atoms with van der Waals surface area (Å²) >= 11 is 0. The van der Waals surface area contributed by atoms with Gasteiger partial charge in [-0.05, 0) is 48.6 Å². The molecule has 0 bridgehead atoms. The fourth-order valence-corrected chi connectivity index (χ4v) is 5.53. The Morgan fingerprint density at radius 2 is 1.60 bits per heavy atom. The van der Waals surface area contributed by atoms with E-state index in [1.807, 2.05) is 18.2 Å². The molecule has 2 aromatic carbocycles. The molecule has 1 aliphatic heterocycles. The first-order valence-electron chi connectivity index (χ1n) is 15.3. The molecule has 0 radical (unpaired) electrons. The third-order valence-corrected chi connectivity index (χ3v) is 8.17. The van der Waals surface area contributed by atoms with E-state index in [1.165, 1.54) is 6.34 Å². The number of carbonyl (C=O) groups excluding carboxylic acids is 1. The van der Waals surface area contributed by atoms with Crippen LogP contribution >= 0.6 is 0 Å². The summed E-state index contributed by atoms with van der Waals surface area (Å²) in [4.78, 5) is 15.7. The largest absolute Gasteiger partial charge is 0.508 e. The molecule has 2 amide bonds. The first-order chi connectivity index (χ1) is 21.3. The lowest BCUT2D eigenvalue weighted by molar-refractivity contribution is -0.284. The highest BCUT2D eigenvalue weighted by molar-refractivity contribution is 5.85. The third-order valence-electron chi connectivity index (χ3n) is 8.17. The maximum atomic E-state index is 12.8. The van der Waals surface area contributed by atoms with Crippen LogP contribution in [0.2, 0.25) is 0 Å². The summed E-state index contributed by atoms with van der Waals surface area (Å²) in [7, 11) is 0. The number of alkyl halides is 5. The van der Waals surface area contributed by atoms with Crippen LogP contribution in [0, 0.1) is 0 Å². The standard InChI is InChI=1S/C32H43F5N4O4/c1-30(23-11-13-24(42)14-12-23)21-45-28-20-25(43)15-16-26(28)27(30)10-7-5-3-2-4-6-8-18-38-22-39-29(44)41-40-19-9-17-31(33,34)32(35,36)37/h11-16,20,22,27,40,42-43H,2-10,17-19,21H2,1H3,(H2,38,39,41,44). The Labute approximate surface area is 260 Å². The molecule has 5 N–H and O–H groups in total. The maximum absolute atomic E-state index is 12.8. The number of rotatable bonds is 17. The summed E-state index contributed by atoms with van der Waals surface area (Å²) in [6, 6.07) is 11.9. The summed E-state index contributed by atoms with van der Waals surface area (Å²) in [5, 5.41) is 22.1. The van der Waals surface area contributed by atoms with Gasteiger partial charge in [-0.1, -0.05) is 63.6 Å². The number of nitrogens with zero attached hydrogens (tertiary/aromatic N) is 1. The predicted molar refractivity (Wildman–Crippen MR) is 162 cm³/mol. The Morgan fingerprint density at radius 1 is 0.956 bits per heavy atom. The number of hydrogen-bond donors (Lipinski definition) is 5. The summed E-state index contributed by atoms with van der Waals surface area (Å²) in [6.07, 6.45) is 2.00. The van der Waals surface area contributed by atoms with Crippen LogP contribution in [0.3, 0.4) is 0 Å². The average molecular weight is 643 g/mol. The van der Waals surface area contributed by atoms with Crippen molar-refractivity contribution in [1.29, 1.82) is 0 Å². The van der Waals surface area contributed by atoms with E-state index in [2.05, 4.69) is 28.1 Å². The number of amides is 2. The summed E-state index contributed by atoms with van der Waals surface area (Å²) in [5.74, 6) is -3.43. The van der Waals surface area contributed by atoms with Gasteiger partial charge in [0.05, 0.1) is 12.9 Å². The van der Waals surface area contributed by atoms with Crippen LogP contribution in [0.1, 0.15) is 88.2 Å². The van der Waals surface area contributed by atoms with Crippen molar-refractivity contribution in [3.63, 3.8) is 0 Å². The van der Waals surface area contributed by atoms with Gasteiger partial charge in [-0.25, -0.2) is 10.2 Å². The zero-order valence-corrected chi connectivity index (χ0v) is 25.4. The minimum Gasteiger partial charge on any atom is -0.508 e. The van der Waals surface area contributed by atoms with Crippen LogP contribution < -0.4 is 20.9 Å². The number of aromatic hydroxyl groups is 2. The van der Waals surface area contributed by atoms with Gasteiger partial charge in [-0.2, -0.15) is 22.0 Å². The predicted octanol–water partition coefficient (Wildman–Crippen LogP) is 7.46. The molecule has 2 unspecified atom stereocenters. The number of carbonyl (C=O) groups is 1.